The predicted octanol–water partition coefficient (Wildman–Crippen LogP) is 4.17. The number of H-pyrrole nitrogens is 1. The van der Waals surface area contributed by atoms with Gasteiger partial charge in [0.25, 0.3) is 5.91 Å². The molecule has 0 atom stereocenters. The van der Waals surface area contributed by atoms with Crippen molar-refractivity contribution in [2.45, 2.75) is 57.8 Å². The second kappa shape index (κ2) is 10.5. The van der Waals surface area contributed by atoms with Gasteiger partial charge in [0.15, 0.2) is 10.8 Å². The molecule has 3 aromatic heterocycles. The zero-order valence-corrected chi connectivity index (χ0v) is 22.9. The van der Waals surface area contributed by atoms with Crippen molar-refractivity contribution in [2.75, 3.05) is 24.1 Å². The smallest absolute Gasteiger partial charge is 0.278 e. The lowest BCUT2D eigenvalue weighted by Crippen LogP contribution is -2.36. The quantitative estimate of drug-likeness (QED) is 0.316. The Hall–Kier alpha value is -3.67. The molecule has 0 radical (unpaired) electrons. The molecule has 39 heavy (non-hydrogen) atoms. The lowest BCUT2D eigenvalue weighted by atomic mass is 9.73. The lowest BCUT2D eigenvalue weighted by molar-refractivity contribution is -0.00502. The highest BCUT2D eigenvalue weighted by Crippen LogP contribution is 2.42. The Labute approximate surface area is 231 Å². The summed E-state index contributed by atoms with van der Waals surface area (Å²) in [6, 6.07) is 10.6. The number of fused-ring (bicyclic) bond motifs is 3. The molecule has 1 saturated heterocycles. The lowest BCUT2D eigenvalue weighted by Gasteiger charge is -2.31. The van der Waals surface area contributed by atoms with E-state index in [-0.39, 0.29) is 23.4 Å². The second-order valence-corrected chi connectivity index (χ2v) is 11.7. The zero-order valence-electron chi connectivity index (χ0n) is 22.1. The Morgan fingerprint density at radius 1 is 1.23 bits per heavy atom. The molecular weight excluding hydrogens is 512 g/mol. The van der Waals surface area contributed by atoms with Crippen molar-refractivity contribution in [2.24, 2.45) is 0 Å². The van der Waals surface area contributed by atoms with Crippen molar-refractivity contribution in [3.8, 4) is 11.4 Å². The first kappa shape index (κ1) is 25.6. The number of benzene rings is 1. The number of ether oxygens (including phenoxy) is 1. The number of nitrogens with two attached hydrogens (primary N) is 1. The highest BCUT2D eigenvalue weighted by Gasteiger charge is 2.38. The molecule has 4 heterocycles. The Balaban J connectivity index is 1.05. The average molecular weight is 545 g/mol. The van der Waals surface area contributed by atoms with Crippen molar-refractivity contribution in [1.82, 2.24) is 30.0 Å². The maximum absolute atomic E-state index is 13.3. The monoisotopic (exact) mass is 544 g/mol. The average Bonchev–Trinajstić information content (AvgIpc) is 3.58. The van der Waals surface area contributed by atoms with Crippen LogP contribution in [0.1, 0.15) is 59.6 Å². The fourth-order valence-electron chi connectivity index (χ4n) is 5.53. The largest absolute Gasteiger partial charge is 0.372 e. The van der Waals surface area contributed by atoms with E-state index < -0.39 is 0 Å². The highest BCUT2D eigenvalue weighted by atomic mass is 32.1. The molecule has 1 aromatic carbocycles. The van der Waals surface area contributed by atoms with Crippen LogP contribution in [-0.2, 0) is 29.7 Å². The predicted molar refractivity (Wildman–Crippen MR) is 150 cm³/mol. The van der Waals surface area contributed by atoms with Gasteiger partial charge in [-0.2, -0.15) is 5.10 Å². The van der Waals surface area contributed by atoms with E-state index in [2.05, 4.69) is 79.5 Å². The summed E-state index contributed by atoms with van der Waals surface area (Å²) < 4.78 is 6.17. The second-order valence-electron chi connectivity index (χ2n) is 10.9. The third-order valence-corrected chi connectivity index (χ3v) is 8.24. The van der Waals surface area contributed by atoms with Gasteiger partial charge in [-0.3, -0.25) is 20.1 Å². The Kier molecular flexibility index (Phi) is 6.88. The van der Waals surface area contributed by atoms with Gasteiger partial charge in [0.2, 0.25) is 5.95 Å². The molecule has 4 N–H and O–H groups in total. The van der Waals surface area contributed by atoms with E-state index in [9.17, 15) is 4.79 Å². The van der Waals surface area contributed by atoms with Gasteiger partial charge in [0, 0.05) is 36.8 Å². The molecule has 1 aliphatic carbocycles. The molecule has 1 aliphatic heterocycles. The number of anilines is 2. The molecule has 202 valence electrons. The van der Waals surface area contributed by atoms with Crippen molar-refractivity contribution >= 4 is 28.3 Å². The summed E-state index contributed by atoms with van der Waals surface area (Å²) in [6.07, 6.45) is 4.64. The molecule has 6 rings (SSSR count). The summed E-state index contributed by atoms with van der Waals surface area (Å²) >= 11 is 1.38. The Bertz CT molecular complexity index is 1470. The number of aromatic nitrogens is 5. The van der Waals surface area contributed by atoms with Crippen LogP contribution >= 0.6 is 11.3 Å². The van der Waals surface area contributed by atoms with Crippen LogP contribution in [0.25, 0.3) is 11.4 Å². The molecule has 4 aromatic rings. The van der Waals surface area contributed by atoms with Gasteiger partial charge in [-0.15, -0.1) is 11.3 Å². The van der Waals surface area contributed by atoms with Crippen molar-refractivity contribution in [1.29, 1.82) is 0 Å². The molecule has 0 spiro atoms. The number of piperidine rings is 1. The van der Waals surface area contributed by atoms with Gasteiger partial charge < -0.3 is 10.5 Å². The van der Waals surface area contributed by atoms with E-state index in [1.54, 1.807) is 6.20 Å². The molecule has 10 nitrogen and oxygen atoms in total. The minimum Gasteiger partial charge on any atom is -0.372 e. The third kappa shape index (κ3) is 5.42. The minimum absolute atomic E-state index is 0.190. The summed E-state index contributed by atoms with van der Waals surface area (Å²) in [5.41, 5.74) is 11.2. The first-order chi connectivity index (χ1) is 18.9. The Morgan fingerprint density at radius 2 is 2.03 bits per heavy atom. The number of hydrogen-bond donors (Lipinski definition) is 3. The maximum atomic E-state index is 13.3. The molecule has 0 unspecified atom stereocenters. The molecule has 0 saturated carbocycles. The number of rotatable bonds is 7. The van der Waals surface area contributed by atoms with Crippen LogP contribution in [0, 0.1) is 0 Å². The molecule has 11 heteroatoms. The fourth-order valence-corrected chi connectivity index (χ4v) is 6.22. The normalized spacial score (nSPS) is 17.0. The van der Waals surface area contributed by atoms with E-state index >= 15 is 0 Å². The van der Waals surface area contributed by atoms with Gasteiger partial charge >= 0.3 is 0 Å². The summed E-state index contributed by atoms with van der Waals surface area (Å²) in [5, 5.41) is 12.8. The summed E-state index contributed by atoms with van der Waals surface area (Å²) in [7, 11) is 0. The summed E-state index contributed by atoms with van der Waals surface area (Å²) in [5.74, 6) is -0.117. The van der Waals surface area contributed by atoms with Gasteiger partial charge in [-0.05, 0) is 35.8 Å². The number of nitrogens with one attached hydrogen (secondary N) is 2. The SMILES string of the molecule is CC1(C)Cc2cnc(N)nc2-c2[nH]nc(C(=O)Nc3nc(COC4CCN(Cc5ccccc5)CC4)cs3)c21. The number of thiazole rings is 1. The molecule has 1 fully saturated rings. The van der Waals surface area contributed by atoms with E-state index in [0.717, 1.165) is 49.3 Å². The van der Waals surface area contributed by atoms with E-state index in [0.29, 0.717) is 35.2 Å². The first-order valence-corrected chi connectivity index (χ1v) is 14.1. The first-order valence-electron chi connectivity index (χ1n) is 13.2. The van der Waals surface area contributed by atoms with Crippen LogP contribution in [0.4, 0.5) is 11.1 Å². The van der Waals surface area contributed by atoms with E-state index in [1.165, 1.54) is 16.9 Å². The number of hydrogen-bond acceptors (Lipinski definition) is 9. The zero-order chi connectivity index (χ0) is 27.0. The van der Waals surface area contributed by atoms with Crippen LogP contribution < -0.4 is 11.1 Å². The van der Waals surface area contributed by atoms with Gasteiger partial charge in [0.05, 0.1) is 29.8 Å². The van der Waals surface area contributed by atoms with Gasteiger partial charge in [-0.25, -0.2) is 15.0 Å². The Morgan fingerprint density at radius 3 is 2.82 bits per heavy atom. The third-order valence-electron chi connectivity index (χ3n) is 7.43. The number of aromatic amines is 1. The molecule has 1 amide bonds. The van der Waals surface area contributed by atoms with Crippen LogP contribution in [0.3, 0.4) is 0 Å². The van der Waals surface area contributed by atoms with Crippen molar-refractivity contribution < 1.29 is 9.53 Å². The van der Waals surface area contributed by atoms with Crippen molar-refractivity contribution in [3.05, 3.63) is 70.0 Å². The van der Waals surface area contributed by atoms with E-state index in [1.807, 2.05) is 5.38 Å². The summed E-state index contributed by atoms with van der Waals surface area (Å²) in [6.45, 7) is 7.62. The number of likely N-dealkylation sites (tertiary alicyclic amines) is 1. The number of carbonyl (C=O) groups is 1. The van der Waals surface area contributed by atoms with Crippen LogP contribution in [0.5, 0.6) is 0 Å². The molecular formula is C28H32N8O2S. The van der Waals surface area contributed by atoms with Crippen LogP contribution in [0.15, 0.2) is 41.9 Å². The number of nitrogens with zero attached hydrogens (tertiary/aromatic N) is 5. The maximum Gasteiger partial charge on any atom is 0.278 e. The van der Waals surface area contributed by atoms with Crippen molar-refractivity contribution in [3.63, 3.8) is 0 Å². The van der Waals surface area contributed by atoms with Crippen LogP contribution in [-0.4, -0.2) is 55.1 Å². The van der Waals surface area contributed by atoms with Gasteiger partial charge in [0.1, 0.15) is 0 Å². The van der Waals surface area contributed by atoms with Crippen LogP contribution in [0.2, 0.25) is 0 Å². The summed E-state index contributed by atoms with van der Waals surface area (Å²) in [4.78, 5) is 28.9. The van der Waals surface area contributed by atoms with E-state index in [4.69, 9.17) is 10.5 Å². The van der Waals surface area contributed by atoms with Gasteiger partial charge in [-0.1, -0.05) is 44.2 Å². The highest BCUT2D eigenvalue weighted by molar-refractivity contribution is 7.14. The number of carbonyl (C=O) groups excluding carboxylic acids is 1. The molecule has 0 bridgehead atoms. The standard InChI is InChI=1S/C28H32N8O2S/c1-28(2)12-18-13-30-26(29)32-22(18)23-21(28)24(35-34-23)25(37)33-27-31-19(16-39-27)15-38-20-8-10-36(11-9-20)14-17-6-4-3-5-7-17/h3-7,13,16,20H,8-12,14-15H2,1-2H3,(H,34,35)(H2,29,30,32)(H,31,33,37). The number of amides is 1. The minimum atomic E-state index is -0.333. The topological polar surface area (TPSA) is 135 Å². The fraction of sp³-hybridized carbons (Fsp3) is 0.393. The molecule has 2 aliphatic rings. The number of nitrogen functional groups attached to an aromatic ring is 1.